The number of aromatic nitrogens is 1. The molecule has 1 aliphatic heterocycles. The molecule has 1 N–H and O–H groups in total. The van der Waals surface area contributed by atoms with Crippen LogP contribution in [0.4, 0.5) is 0 Å². The van der Waals surface area contributed by atoms with Crippen LogP contribution in [0.5, 0.6) is 0 Å². The molecule has 0 aromatic carbocycles. The summed E-state index contributed by atoms with van der Waals surface area (Å²) in [6.07, 6.45) is 9.47. The van der Waals surface area contributed by atoms with Crippen molar-refractivity contribution in [2.45, 2.75) is 25.3 Å². The van der Waals surface area contributed by atoms with E-state index in [1.165, 1.54) is 18.4 Å². The molecule has 3 heteroatoms. The third-order valence-corrected chi connectivity index (χ3v) is 3.73. The van der Waals surface area contributed by atoms with E-state index in [0.717, 1.165) is 18.5 Å². The standard InChI is InChI=1S/C14H15N3/c15-7-10-4-13(9-16-8-10)12-5-11-2-1-3-17-14(11)6-12/h4-5,8-9,11,14,17H,1-3,6H2. The van der Waals surface area contributed by atoms with Crippen LogP contribution in [0.1, 0.15) is 30.4 Å². The molecular formula is C14H15N3. The van der Waals surface area contributed by atoms with Gasteiger partial charge in [-0.05, 0) is 48.9 Å². The van der Waals surface area contributed by atoms with E-state index in [-0.39, 0.29) is 0 Å². The Morgan fingerprint density at radius 1 is 1.41 bits per heavy atom. The van der Waals surface area contributed by atoms with Gasteiger partial charge in [0.15, 0.2) is 0 Å². The highest BCUT2D eigenvalue weighted by molar-refractivity contribution is 5.69. The monoisotopic (exact) mass is 225 g/mol. The fourth-order valence-corrected chi connectivity index (χ4v) is 2.85. The molecule has 0 radical (unpaired) electrons. The molecule has 0 bridgehead atoms. The van der Waals surface area contributed by atoms with E-state index in [9.17, 15) is 0 Å². The van der Waals surface area contributed by atoms with Gasteiger partial charge in [0.2, 0.25) is 0 Å². The molecule has 0 saturated carbocycles. The number of nitrogens with one attached hydrogen (secondary N) is 1. The van der Waals surface area contributed by atoms with E-state index >= 15 is 0 Å². The predicted octanol–water partition coefficient (Wildman–Crippen LogP) is 2.11. The molecule has 86 valence electrons. The maximum atomic E-state index is 8.89. The van der Waals surface area contributed by atoms with Crippen LogP contribution in [0.15, 0.2) is 24.5 Å². The quantitative estimate of drug-likeness (QED) is 0.796. The molecule has 2 heterocycles. The van der Waals surface area contributed by atoms with E-state index in [2.05, 4.69) is 22.4 Å². The van der Waals surface area contributed by atoms with E-state index < -0.39 is 0 Å². The van der Waals surface area contributed by atoms with Crippen LogP contribution in [0.25, 0.3) is 5.57 Å². The summed E-state index contributed by atoms with van der Waals surface area (Å²) >= 11 is 0. The van der Waals surface area contributed by atoms with Crippen LogP contribution in [-0.4, -0.2) is 17.6 Å². The summed E-state index contributed by atoms with van der Waals surface area (Å²) < 4.78 is 0. The summed E-state index contributed by atoms with van der Waals surface area (Å²) in [6.45, 7) is 1.14. The first kappa shape index (κ1) is 10.5. The summed E-state index contributed by atoms with van der Waals surface area (Å²) in [5.74, 6) is 0.671. The van der Waals surface area contributed by atoms with Crippen molar-refractivity contribution < 1.29 is 0 Å². The first-order chi connectivity index (χ1) is 8.36. The van der Waals surface area contributed by atoms with Gasteiger partial charge in [0.1, 0.15) is 6.07 Å². The van der Waals surface area contributed by atoms with Gasteiger partial charge in [-0.3, -0.25) is 4.98 Å². The van der Waals surface area contributed by atoms with Gasteiger partial charge >= 0.3 is 0 Å². The van der Waals surface area contributed by atoms with E-state index in [1.54, 1.807) is 6.20 Å². The Kier molecular flexibility index (Phi) is 2.66. The number of nitrogens with zero attached hydrogens (tertiary/aromatic N) is 2. The first-order valence-corrected chi connectivity index (χ1v) is 6.16. The van der Waals surface area contributed by atoms with Crippen molar-refractivity contribution in [3.63, 3.8) is 0 Å². The van der Waals surface area contributed by atoms with Gasteiger partial charge in [0, 0.05) is 18.4 Å². The van der Waals surface area contributed by atoms with Crippen LogP contribution in [-0.2, 0) is 0 Å². The Bertz CT molecular complexity index is 498. The Hall–Kier alpha value is -1.66. The van der Waals surface area contributed by atoms with E-state index in [0.29, 0.717) is 17.5 Å². The second-order valence-electron chi connectivity index (χ2n) is 4.84. The minimum Gasteiger partial charge on any atom is -0.313 e. The van der Waals surface area contributed by atoms with Gasteiger partial charge in [-0.15, -0.1) is 0 Å². The van der Waals surface area contributed by atoms with E-state index in [4.69, 9.17) is 5.26 Å². The van der Waals surface area contributed by atoms with Crippen molar-refractivity contribution in [2.75, 3.05) is 6.54 Å². The highest BCUT2D eigenvalue weighted by atomic mass is 14.9. The predicted molar refractivity (Wildman–Crippen MR) is 66.1 cm³/mol. The van der Waals surface area contributed by atoms with E-state index in [1.807, 2.05) is 12.3 Å². The molecule has 3 nitrogen and oxygen atoms in total. The fraction of sp³-hybridized carbons (Fsp3) is 0.429. The summed E-state index contributed by atoms with van der Waals surface area (Å²) in [4.78, 5) is 4.13. The number of pyridine rings is 1. The van der Waals surface area contributed by atoms with Gasteiger partial charge in [-0.2, -0.15) is 5.26 Å². The lowest BCUT2D eigenvalue weighted by Crippen LogP contribution is -2.37. The molecular weight excluding hydrogens is 210 g/mol. The Labute approximate surface area is 101 Å². The van der Waals surface area contributed by atoms with Gasteiger partial charge in [0.05, 0.1) is 5.56 Å². The van der Waals surface area contributed by atoms with Gasteiger partial charge in [-0.25, -0.2) is 0 Å². The van der Waals surface area contributed by atoms with Crippen molar-refractivity contribution in [1.82, 2.24) is 10.3 Å². The molecule has 2 unspecified atom stereocenters. The number of piperidine rings is 1. The minimum atomic E-state index is 0.601. The zero-order chi connectivity index (χ0) is 11.7. The number of rotatable bonds is 1. The second kappa shape index (κ2) is 4.31. The minimum absolute atomic E-state index is 0.601. The summed E-state index contributed by atoms with van der Waals surface area (Å²) in [6, 6.07) is 4.69. The van der Waals surface area contributed by atoms with Crippen LogP contribution in [0.3, 0.4) is 0 Å². The van der Waals surface area contributed by atoms with Crippen molar-refractivity contribution in [3.8, 4) is 6.07 Å². The smallest absolute Gasteiger partial charge is 0.101 e. The van der Waals surface area contributed by atoms with Crippen molar-refractivity contribution >= 4 is 5.57 Å². The number of fused-ring (bicyclic) bond motifs is 1. The first-order valence-electron chi connectivity index (χ1n) is 6.16. The molecule has 3 rings (SSSR count). The van der Waals surface area contributed by atoms with Crippen LogP contribution < -0.4 is 5.32 Å². The van der Waals surface area contributed by atoms with Gasteiger partial charge in [-0.1, -0.05) is 6.08 Å². The van der Waals surface area contributed by atoms with Gasteiger partial charge < -0.3 is 5.32 Å². The molecule has 1 aliphatic carbocycles. The topological polar surface area (TPSA) is 48.7 Å². The Morgan fingerprint density at radius 2 is 2.35 bits per heavy atom. The fourth-order valence-electron chi connectivity index (χ4n) is 2.85. The second-order valence-corrected chi connectivity index (χ2v) is 4.84. The Balaban J connectivity index is 1.87. The molecule has 0 spiro atoms. The molecule has 1 aromatic heterocycles. The lowest BCUT2D eigenvalue weighted by Gasteiger charge is -2.25. The Morgan fingerprint density at radius 3 is 3.18 bits per heavy atom. The molecule has 1 saturated heterocycles. The molecule has 2 atom stereocenters. The molecule has 1 fully saturated rings. The highest BCUT2D eigenvalue weighted by Crippen LogP contribution is 2.35. The third-order valence-electron chi connectivity index (χ3n) is 3.73. The van der Waals surface area contributed by atoms with Crippen molar-refractivity contribution in [2.24, 2.45) is 5.92 Å². The largest absolute Gasteiger partial charge is 0.313 e. The molecule has 0 amide bonds. The van der Waals surface area contributed by atoms with Crippen LogP contribution in [0, 0.1) is 17.2 Å². The molecule has 2 aliphatic rings. The average Bonchev–Trinajstić information content (AvgIpc) is 2.82. The van der Waals surface area contributed by atoms with Crippen molar-refractivity contribution in [3.05, 3.63) is 35.7 Å². The van der Waals surface area contributed by atoms with Crippen LogP contribution >= 0.6 is 0 Å². The van der Waals surface area contributed by atoms with Gasteiger partial charge in [0.25, 0.3) is 0 Å². The molecule has 1 aromatic rings. The summed E-state index contributed by atoms with van der Waals surface area (Å²) in [5, 5.41) is 12.5. The van der Waals surface area contributed by atoms with Crippen molar-refractivity contribution in [1.29, 1.82) is 5.26 Å². The average molecular weight is 225 g/mol. The van der Waals surface area contributed by atoms with Crippen LogP contribution in [0.2, 0.25) is 0 Å². The maximum absolute atomic E-state index is 8.89. The zero-order valence-corrected chi connectivity index (χ0v) is 9.69. The molecule has 17 heavy (non-hydrogen) atoms. The SMILES string of the molecule is N#Cc1cncc(C2=CC3CCCNC3C2)c1. The summed E-state index contributed by atoms with van der Waals surface area (Å²) in [5.41, 5.74) is 3.10. The number of nitriles is 1. The highest BCUT2D eigenvalue weighted by Gasteiger charge is 2.29. The number of hydrogen-bond donors (Lipinski definition) is 1. The third kappa shape index (κ3) is 1.96. The zero-order valence-electron chi connectivity index (χ0n) is 9.69. The maximum Gasteiger partial charge on any atom is 0.101 e. The summed E-state index contributed by atoms with van der Waals surface area (Å²) in [7, 11) is 0. The number of hydrogen-bond acceptors (Lipinski definition) is 3. The lowest BCUT2D eigenvalue weighted by molar-refractivity contribution is 0.348. The normalized spacial score (nSPS) is 27.1. The lowest BCUT2D eigenvalue weighted by atomic mass is 9.94.